The van der Waals surface area contributed by atoms with Crippen molar-refractivity contribution < 1.29 is 5.11 Å². The van der Waals surface area contributed by atoms with E-state index in [2.05, 4.69) is 4.98 Å². The highest BCUT2D eigenvalue weighted by Gasteiger charge is 2.26. The van der Waals surface area contributed by atoms with Crippen molar-refractivity contribution >= 4 is 0 Å². The van der Waals surface area contributed by atoms with Crippen molar-refractivity contribution in [2.24, 2.45) is 5.92 Å². The first-order chi connectivity index (χ1) is 8.13. The summed E-state index contributed by atoms with van der Waals surface area (Å²) in [6.45, 7) is 1.78. The van der Waals surface area contributed by atoms with Crippen LogP contribution in [-0.2, 0) is 0 Å². The van der Waals surface area contributed by atoms with E-state index in [9.17, 15) is 14.7 Å². The molecule has 0 aromatic carbocycles. The molecule has 0 aliphatic heterocycles. The molecule has 0 unspecified atom stereocenters. The standard InChI is InChI=1S/C12H18N2O3/c1-8-6-14(12(17)13-11(8)16)10-5-3-2-4-9(10)7-15/h6,9-10,15H,2-5,7H2,1H3,(H,13,16,17)/t9-,10-/m0/s1. The molecule has 1 fully saturated rings. The van der Waals surface area contributed by atoms with Gasteiger partial charge in [-0.05, 0) is 19.8 Å². The van der Waals surface area contributed by atoms with Gasteiger partial charge >= 0.3 is 5.69 Å². The minimum absolute atomic E-state index is 0.0109. The number of nitrogens with one attached hydrogen (secondary N) is 1. The zero-order valence-corrected chi connectivity index (χ0v) is 9.98. The maximum absolute atomic E-state index is 11.8. The first-order valence-corrected chi connectivity index (χ1v) is 6.06. The van der Waals surface area contributed by atoms with Gasteiger partial charge in [0.2, 0.25) is 0 Å². The molecule has 1 heterocycles. The topological polar surface area (TPSA) is 75.1 Å². The Kier molecular flexibility index (Phi) is 3.47. The number of aryl methyl sites for hydroxylation is 1. The summed E-state index contributed by atoms with van der Waals surface area (Å²) in [5.41, 5.74) is -0.166. The van der Waals surface area contributed by atoms with Gasteiger partial charge in [0.15, 0.2) is 0 Å². The van der Waals surface area contributed by atoms with Gasteiger partial charge in [-0.1, -0.05) is 12.8 Å². The van der Waals surface area contributed by atoms with Crippen LogP contribution in [-0.4, -0.2) is 21.3 Å². The predicted molar refractivity (Wildman–Crippen MR) is 64.1 cm³/mol. The molecule has 2 rings (SSSR count). The molecule has 17 heavy (non-hydrogen) atoms. The van der Waals surface area contributed by atoms with Crippen LogP contribution in [0.4, 0.5) is 0 Å². The van der Waals surface area contributed by atoms with Crippen LogP contribution in [0.15, 0.2) is 15.8 Å². The Hall–Kier alpha value is -1.36. The van der Waals surface area contributed by atoms with E-state index in [4.69, 9.17) is 0 Å². The molecule has 1 saturated carbocycles. The highest BCUT2D eigenvalue weighted by molar-refractivity contribution is 5.02. The van der Waals surface area contributed by atoms with Crippen LogP contribution >= 0.6 is 0 Å². The largest absolute Gasteiger partial charge is 0.396 e. The normalized spacial score (nSPS) is 24.8. The van der Waals surface area contributed by atoms with Gasteiger partial charge in [-0.15, -0.1) is 0 Å². The molecule has 1 aromatic rings. The summed E-state index contributed by atoms with van der Waals surface area (Å²) < 4.78 is 1.58. The number of hydrogen-bond acceptors (Lipinski definition) is 3. The minimum atomic E-state index is -0.369. The lowest BCUT2D eigenvalue weighted by Gasteiger charge is -2.31. The van der Waals surface area contributed by atoms with Crippen LogP contribution < -0.4 is 11.2 Å². The van der Waals surface area contributed by atoms with Crippen molar-refractivity contribution in [1.82, 2.24) is 9.55 Å². The average Bonchev–Trinajstić information content (AvgIpc) is 2.34. The number of aliphatic hydroxyl groups excluding tert-OH is 1. The van der Waals surface area contributed by atoms with E-state index in [1.165, 1.54) is 0 Å². The molecular formula is C12H18N2O3. The van der Waals surface area contributed by atoms with E-state index < -0.39 is 0 Å². The van der Waals surface area contributed by atoms with Crippen molar-refractivity contribution in [2.75, 3.05) is 6.61 Å². The molecule has 94 valence electrons. The fraction of sp³-hybridized carbons (Fsp3) is 0.667. The molecular weight excluding hydrogens is 220 g/mol. The second kappa shape index (κ2) is 4.87. The Balaban J connectivity index is 2.41. The molecule has 5 nitrogen and oxygen atoms in total. The number of H-pyrrole nitrogens is 1. The average molecular weight is 238 g/mol. The molecule has 2 atom stereocenters. The van der Waals surface area contributed by atoms with E-state index in [-0.39, 0.29) is 29.8 Å². The van der Waals surface area contributed by atoms with Crippen LogP contribution in [0, 0.1) is 12.8 Å². The molecule has 1 aliphatic carbocycles. The molecule has 5 heteroatoms. The van der Waals surface area contributed by atoms with Crippen LogP contribution in [0.1, 0.15) is 37.3 Å². The fourth-order valence-electron chi connectivity index (χ4n) is 2.60. The number of aliphatic hydroxyl groups is 1. The number of aromatic amines is 1. The molecule has 0 amide bonds. The quantitative estimate of drug-likeness (QED) is 0.791. The van der Waals surface area contributed by atoms with Crippen LogP contribution in [0.2, 0.25) is 0 Å². The Morgan fingerprint density at radius 2 is 2.12 bits per heavy atom. The summed E-state index contributed by atoms with van der Waals surface area (Å²) in [5.74, 6) is 0.117. The smallest absolute Gasteiger partial charge is 0.328 e. The van der Waals surface area contributed by atoms with Gasteiger partial charge in [0, 0.05) is 30.3 Å². The van der Waals surface area contributed by atoms with E-state index >= 15 is 0 Å². The highest BCUT2D eigenvalue weighted by atomic mass is 16.3. The van der Waals surface area contributed by atoms with Gasteiger partial charge in [-0.25, -0.2) is 4.79 Å². The third-order valence-corrected chi connectivity index (χ3v) is 3.61. The minimum Gasteiger partial charge on any atom is -0.396 e. The van der Waals surface area contributed by atoms with E-state index in [1.807, 2.05) is 0 Å². The first kappa shape index (κ1) is 12.1. The molecule has 1 aliphatic rings. The van der Waals surface area contributed by atoms with Crippen molar-refractivity contribution in [1.29, 1.82) is 0 Å². The molecule has 0 bridgehead atoms. The van der Waals surface area contributed by atoms with E-state index in [0.717, 1.165) is 25.7 Å². The molecule has 0 radical (unpaired) electrons. The zero-order valence-electron chi connectivity index (χ0n) is 9.98. The maximum Gasteiger partial charge on any atom is 0.328 e. The first-order valence-electron chi connectivity index (χ1n) is 6.06. The van der Waals surface area contributed by atoms with Gasteiger partial charge in [0.25, 0.3) is 5.56 Å². The predicted octanol–water partition coefficient (Wildman–Crippen LogP) is 0.569. The van der Waals surface area contributed by atoms with Crippen LogP contribution in [0.25, 0.3) is 0 Å². The van der Waals surface area contributed by atoms with Gasteiger partial charge in [0.1, 0.15) is 0 Å². The number of rotatable bonds is 2. The fourth-order valence-corrected chi connectivity index (χ4v) is 2.60. The Morgan fingerprint density at radius 1 is 1.41 bits per heavy atom. The molecule has 0 spiro atoms. The van der Waals surface area contributed by atoms with Crippen molar-refractivity contribution in [3.05, 3.63) is 32.6 Å². The van der Waals surface area contributed by atoms with Crippen molar-refractivity contribution in [3.63, 3.8) is 0 Å². The maximum atomic E-state index is 11.8. The van der Waals surface area contributed by atoms with Crippen molar-refractivity contribution in [3.8, 4) is 0 Å². The summed E-state index contributed by atoms with van der Waals surface area (Å²) in [5, 5.41) is 9.35. The monoisotopic (exact) mass is 238 g/mol. The number of hydrogen-bond donors (Lipinski definition) is 2. The third-order valence-electron chi connectivity index (χ3n) is 3.61. The highest BCUT2D eigenvalue weighted by Crippen LogP contribution is 2.32. The lowest BCUT2D eigenvalue weighted by Crippen LogP contribution is -2.37. The summed E-state index contributed by atoms with van der Waals surface area (Å²) in [4.78, 5) is 25.4. The second-order valence-corrected chi connectivity index (χ2v) is 4.77. The summed E-state index contributed by atoms with van der Waals surface area (Å²) >= 11 is 0. The summed E-state index contributed by atoms with van der Waals surface area (Å²) in [7, 11) is 0. The number of nitrogens with zero attached hydrogens (tertiary/aromatic N) is 1. The number of aromatic nitrogens is 2. The summed E-state index contributed by atoms with van der Waals surface area (Å²) in [6.07, 6.45) is 5.59. The summed E-state index contributed by atoms with van der Waals surface area (Å²) in [6, 6.07) is 0.0109. The second-order valence-electron chi connectivity index (χ2n) is 4.77. The van der Waals surface area contributed by atoms with Crippen LogP contribution in [0.3, 0.4) is 0 Å². The zero-order chi connectivity index (χ0) is 12.4. The molecule has 0 saturated heterocycles. The Bertz CT molecular complexity index is 503. The molecule has 2 N–H and O–H groups in total. The van der Waals surface area contributed by atoms with E-state index in [1.54, 1.807) is 17.7 Å². The van der Waals surface area contributed by atoms with Gasteiger partial charge in [0.05, 0.1) is 0 Å². The van der Waals surface area contributed by atoms with Gasteiger partial charge in [-0.3, -0.25) is 14.3 Å². The Labute approximate surface area is 99.1 Å². The lowest BCUT2D eigenvalue weighted by molar-refractivity contribution is 0.135. The van der Waals surface area contributed by atoms with Gasteiger partial charge < -0.3 is 5.11 Å². The third kappa shape index (κ3) is 2.34. The lowest BCUT2D eigenvalue weighted by atomic mass is 9.85. The molecule has 1 aromatic heterocycles. The van der Waals surface area contributed by atoms with Gasteiger partial charge in [-0.2, -0.15) is 0 Å². The SMILES string of the molecule is Cc1cn([C@H]2CCCC[C@H]2CO)c(=O)[nH]c1=O. The Morgan fingerprint density at radius 3 is 2.82 bits per heavy atom. The van der Waals surface area contributed by atoms with E-state index in [0.29, 0.717) is 5.56 Å². The van der Waals surface area contributed by atoms with Crippen LogP contribution in [0.5, 0.6) is 0 Å². The van der Waals surface area contributed by atoms with Crippen molar-refractivity contribution in [2.45, 2.75) is 38.6 Å².